The number of hydrogen-bond donors (Lipinski definition) is 0. The van der Waals surface area contributed by atoms with Gasteiger partial charge in [0.15, 0.2) is 0 Å². The van der Waals surface area contributed by atoms with E-state index >= 15 is 0 Å². The number of allylic oxidation sites excluding steroid dienone is 4. The molecular formula is C26H23NO. The van der Waals surface area contributed by atoms with Crippen molar-refractivity contribution < 1.29 is 4.42 Å². The fourth-order valence-corrected chi connectivity index (χ4v) is 3.70. The maximum absolute atomic E-state index is 6.27. The average Bonchev–Trinajstić information content (AvgIpc) is 3.09. The van der Waals surface area contributed by atoms with Gasteiger partial charge in [-0.25, -0.2) is 0 Å². The molecule has 4 rings (SSSR count). The molecule has 0 N–H and O–H groups in total. The third-order valence-electron chi connectivity index (χ3n) is 5.03. The molecule has 28 heavy (non-hydrogen) atoms. The van der Waals surface area contributed by atoms with Gasteiger partial charge in [-0.1, -0.05) is 66.7 Å². The lowest BCUT2D eigenvalue weighted by molar-refractivity contribution is 0.667. The van der Waals surface area contributed by atoms with Gasteiger partial charge in [-0.3, -0.25) is 4.99 Å². The number of aryl methyl sites for hydroxylation is 1. The zero-order chi connectivity index (χ0) is 19.5. The highest BCUT2D eigenvalue weighted by atomic mass is 16.3. The van der Waals surface area contributed by atoms with Crippen LogP contribution >= 0.6 is 0 Å². The smallest absolute Gasteiger partial charge is 0.143 e. The van der Waals surface area contributed by atoms with Crippen molar-refractivity contribution in [3.05, 3.63) is 95.6 Å². The number of hydrogen-bond acceptors (Lipinski definition) is 2. The Hall–Kier alpha value is -3.39. The Morgan fingerprint density at radius 1 is 0.893 bits per heavy atom. The first kappa shape index (κ1) is 18.0. The van der Waals surface area contributed by atoms with Crippen LogP contribution in [0.1, 0.15) is 23.6 Å². The minimum Gasteiger partial charge on any atom is -0.455 e. The van der Waals surface area contributed by atoms with Gasteiger partial charge in [0.2, 0.25) is 0 Å². The summed E-state index contributed by atoms with van der Waals surface area (Å²) in [6.07, 6.45) is 6.10. The molecule has 4 aromatic rings. The van der Waals surface area contributed by atoms with Gasteiger partial charge in [0.1, 0.15) is 11.2 Å². The minimum atomic E-state index is 0.925. The second-order valence-electron chi connectivity index (χ2n) is 6.96. The lowest BCUT2D eigenvalue weighted by atomic mass is 9.95. The number of para-hydroxylation sites is 1. The van der Waals surface area contributed by atoms with Crippen molar-refractivity contribution in [2.45, 2.75) is 13.8 Å². The van der Waals surface area contributed by atoms with Crippen LogP contribution < -0.4 is 0 Å². The number of nitrogens with zero attached hydrogens (tertiary/aromatic N) is 1. The van der Waals surface area contributed by atoms with Gasteiger partial charge in [0.05, 0.1) is 0 Å². The summed E-state index contributed by atoms with van der Waals surface area (Å²) in [5.74, 6) is 0. The number of rotatable bonds is 4. The van der Waals surface area contributed by atoms with Crippen molar-refractivity contribution in [1.29, 1.82) is 0 Å². The molecule has 1 aromatic heterocycles. The Labute approximate surface area is 165 Å². The zero-order valence-electron chi connectivity index (χ0n) is 16.4. The summed E-state index contributed by atoms with van der Waals surface area (Å²) < 4.78 is 6.27. The van der Waals surface area contributed by atoms with Crippen LogP contribution in [0, 0.1) is 6.92 Å². The molecule has 0 aliphatic heterocycles. The molecule has 0 fully saturated rings. The van der Waals surface area contributed by atoms with E-state index in [2.05, 4.69) is 73.4 Å². The summed E-state index contributed by atoms with van der Waals surface area (Å²) in [6, 6.07) is 22.9. The van der Waals surface area contributed by atoms with Crippen LogP contribution in [0.4, 0.5) is 0 Å². The van der Waals surface area contributed by atoms with E-state index in [1.807, 2.05) is 30.5 Å². The van der Waals surface area contributed by atoms with Gasteiger partial charge in [-0.05, 0) is 48.3 Å². The predicted octanol–water partition coefficient (Wildman–Crippen LogP) is 7.08. The summed E-state index contributed by atoms with van der Waals surface area (Å²) in [7, 11) is 1.79. The average molecular weight is 365 g/mol. The number of fused-ring (bicyclic) bond motifs is 3. The zero-order valence-corrected chi connectivity index (χ0v) is 16.4. The van der Waals surface area contributed by atoms with Crippen molar-refractivity contribution in [3.8, 4) is 0 Å². The van der Waals surface area contributed by atoms with E-state index in [9.17, 15) is 0 Å². The lowest BCUT2D eigenvalue weighted by Gasteiger charge is -2.09. The van der Waals surface area contributed by atoms with Crippen molar-refractivity contribution >= 4 is 39.3 Å². The van der Waals surface area contributed by atoms with Crippen LogP contribution in [0.25, 0.3) is 33.1 Å². The minimum absolute atomic E-state index is 0.925. The van der Waals surface area contributed by atoms with Gasteiger partial charge >= 0.3 is 0 Å². The van der Waals surface area contributed by atoms with Gasteiger partial charge < -0.3 is 4.42 Å². The summed E-state index contributed by atoms with van der Waals surface area (Å²) in [5, 5.41) is 2.31. The summed E-state index contributed by atoms with van der Waals surface area (Å²) in [6.45, 7) is 4.29. The normalized spacial score (nSPS) is 13.1. The number of benzene rings is 3. The van der Waals surface area contributed by atoms with Crippen molar-refractivity contribution in [2.75, 3.05) is 7.05 Å². The molecule has 0 spiro atoms. The Bertz CT molecular complexity index is 1220. The van der Waals surface area contributed by atoms with Gasteiger partial charge in [0.25, 0.3) is 0 Å². The summed E-state index contributed by atoms with van der Waals surface area (Å²) in [4.78, 5) is 4.13. The lowest BCUT2D eigenvalue weighted by Crippen LogP contribution is -1.89. The van der Waals surface area contributed by atoms with Crippen molar-refractivity contribution in [2.24, 2.45) is 4.99 Å². The molecule has 0 bridgehead atoms. The van der Waals surface area contributed by atoms with Crippen LogP contribution in [0.15, 0.2) is 88.3 Å². The van der Waals surface area contributed by atoms with E-state index in [0.717, 1.165) is 38.6 Å². The van der Waals surface area contributed by atoms with Crippen LogP contribution in [0.2, 0.25) is 0 Å². The second kappa shape index (κ2) is 7.69. The fourth-order valence-electron chi connectivity index (χ4n) is 3.70. The van der Waals surface area contributed by atoms with E-state index in [1.54, 1.807) is 7.05 Å². The molecule has 2 heteroatoms. The topological polar surface area (TPSA) is 25.5 Å². The van der Waals surface area contributed by atoms with Crippen LogP contribution in [0.3, 0.4) is 0 Å². The Kier molecular flexibility index (Phi) is 4.94. The number of furan rings is 1. The largest absolute Gasteiger partial charge is 0.455 e. The van der Waals surface area contributed by atoms with Crippen LogP contribution in [0.5, 0.6) is 0 Å². The molecule has 0 aliphatic rings. The standard InChI is InChI=1S/C26H23NO/c1-18-13-14-23-22-11-7-8-12-24(22)28-26(23)25(18)19(2)17-21(15-16-27-3)20-9-5-4-6-10-20/h4-17H,1-3H3/b19-17+,21-15+,27-16+. The molecule has 0 saturated heterocycles. The molecule has 0 aliphatic carbocycles. The maximum Gasteiger partial charge on any atom is 0.143 e. The second-order valence-corrected chi connectivity index (χ2v) is 6.96. The summed E-state index contributed by atoms with van der Waals surface area (Å²) >= 11 is 0. The highest BCUT2D eigenvalue weighted by molar-refractivity contribution is 6.09. The quantitative estimate of drug-likeness (QED) is 0.280. The SMILES string of the molecule is C/N=C/C=C(\C=C(/C)c1c(C)ccc2c1oc1ccccc12)c1ccccc1. The first-order valence-corrected chi connectivity index (χ1v) is 9.46. The molecule has 0 saturated carbocycles. The molecule has 0 unspecified atom stereocenters. The molecule has 2 nitrogen and oxygen atoms in total. The first-order valence-electron chi connectivity index (χ1n) is 9.46. The molecule has 0 atom stereocenters. The highest BCUT2D eigenvalue weighted by Gasteiger charge is 2.14. The third-order valence-corrected chi connectivity index (χ3v) is 5.03. The summed E-state index contributed by atoms with van der Waals surface area (Å²) in [5.41, 5.74) is 7.69. The van der Waals surface area contributed by atoms with E-state index in [0.29, 0.717) is 0 Å². The molecule has 0 amide bonds. The first-order chi connectivity index (χ1) is 13.7. The van der Waals surface area contributed by atoms with Crippen LogP contribution in [-0.4, -0.2) is 13.3 Å². The van der Waals surface area contributed by atoms with E-state index < -0.39 is 0 Å². The maximum atomic E-state index is 6.27. The van der Waals surface area contributed by atoms with Crippen LogP contribution in [-0.2, 0) is 0 Å². The molecule has 3 aromatic carbocycles. The fraction of sp³-hybridized carbons (Fsp3) is 0.115. The van der Waals surface area contributed by atoms with Gasteiger partial charge in [0, 0.05) is 29.6 Å². The van der Waals surface area contributed by atoms with E-state index in [1.165, 1.54) is 11.1 Å². The monoisotopic (exact) mass is 365 g/mol. The predicted molar refractivity (Wildman–Crippen MR) is 121 cm³/mol. The van der Waals surface area contributed by atoms with Gasteiger partial charge in [-0.15, -0.1) is 0 Å². The van der Waals surface area contributed by atoms with Crippen molar-refractivity contribution in [3.63, 3.8) is 0 Å². The molecule has 1 heterocycles. The highest BCUT2D eigenvalue weighted by Crippen LogP contribution is 2.36. The Morgan fingerprint density at radius 3 is 2.43 bits per heavy atom. The Balaban J connectivity index is 1.92. The Morgan fingerprint density at radius 2 is 1.64 bits per heavy atom. The van der Waals surface area contributed by atoms with Crippen molar-refractivity contribution in [1.82, 2.24) is 0 Å². The number of aliphatic imine (C=N–C) groups is 1. The third kappa shape index (κ3) is 3.29. The molecule has 138 valence electrons. The van der Waals surface area contributed by atoms with Gasteiger partial charge in [-0.2, -0.15) is 0 Å². The molecule has 0 radical (unpaired) electrons. The molecular weight excluding hydrogens is 342 g/mol. The van der Waals surface area contributed by atoms with E-state index in [-0.39, 0.29) is 0 Å². The van der Waals surface area contributed by atoms with E-state index in [4.69, 9.17) is 4.42 Å².